The van der Waals surface area contributed by atoms with E-state index in [9.17, 15) is 9.59 Å². The zero-order chi connectivity index (χ0) is 18.5. The molecular formula is C20H20N2O3S. The van der Waals surface area contributed by atoms with Crippen LogP contribution in [-0.2, 0) is 22.5 Å². The lowest BCUT2D eigenvalue weighted by Crippen LogP contribution is -2.23. The lowest BCUT2D eigenvalue weighted by molar-refractivity contribution is -0.143. The average Bonchev–Trinajstić information content (AvgIpc) is 2.98. The van der Waals surface area contributed by atoms with Gasteiger partial charge in [-0.3, -0.25) is 9.59 Å². The Labute approximate surface area is 155 Å². The van der Waals surface area contributed by atoms with Crippen LogP contribution >= 0.6 is 11.3 Å². The number of aromatic nitrogens is 1. The summed E-state index contributed by atoms with van der Waals surface area (Å²) in [5.41, 5.74) is 2.59. The molecule has 0 unspecified atom stereocenters. The molecular weight excluding hydrogens is 348 g/mol. The van der Waals surface area contributed by atoms with Crippen LogP contribution in [0.4, 0.5) is 0 Å². The highest BCUT2D eigenvalue weighted by atomic mass is 32.1. The van der Waals surface area contributed by atoms with Gasteiger partial charge in [-0.15, -0.1) is 0 Å². The zero-order valence-corrected chi connectivity index (χ0v) is 15.6. The first kappa shape index (κ1) is 18.1. The van der Waals surface area contributed by atoms with Gasteiger partial charge in [0.1, 0.15) is 6.54 Å². The van der Waals surface area contributed by atoms with Crippen molar-refractivity contribution in [3.8, 4) is 0 Å². The molecule has 0 N–H and O–H groups in total. The van der Waals surface area contributed by atoms with Gasteiger partial charge in [-0.25, -0.2) is 0 Å². The molecule has 5 nitrogen and oxygen atoms in total. The molecule has 1 amide bonds. The molecule has 3 rings (SSSR count). The van der Waals surface area contributed by atoms with Gasteiger partial charge in [0, 0.05) is 5.56 Å². The molecule has 1 aromatic heterocycles. The first-order chi connectivity index (χ1) is 12.6. The van der Waals surface area contributed by atoms with E-state index in [0.717, 1.165) is 16.6 Å². The Morgan fingerprint density at radius 3 is 2.58 bits per heavy atom. The van der Waals surface area contributed by atoms with Crippen LogP contribution in [0.1, 0.15) is 29.8 Å². The van der Waals surface area contributed by atoms with E-state index in [1.165, 1.54) is 16.9 Å². The number of thiazole rings is 1. The molecule has 0 radical (unpaired) electrons. The van der Waals surface area contributed by atoms with Crippen molar-refractivity contribution >= 4 is 33.4 Å². The van der Waals surface area contributed by atoms with Crippen LogP contribution in [0.5, 0.6) is 0 Å². The van der Waals surface area contributed by atoms with Crippen LogP contribution in [0.2, 0.25) is 0 Å². The summed E-state index contributed by atoms with van der Waals surface area (Å²) in [6.45, 7) is 4.20. The Bertz CT molecular complexity index is 1000. The van der Waals surface area contributed by atoms with Gasteiger partial charge in [0.15, 0.2) is 4.80 Å². The van der Waals surface area contributed by atoms with E-state index in [2.05, 4.69) is 18.0 Å². The predicted octanol–water partition coefficient (Wildman–Crippen LogP) is 3.57. The van der Waals surface area contributed by atoms with Crippen molar-refractivity contribution in [3.05, 3.63) is 64.5 Å². The Morgan fingerprint density at radius 1 is 1.12 bits per heavy atom. The van der Waals surface area contributed by atoms with Crippen LogP contribution in [0.15, 0.2) is 53.5 Å². The number of carbonyl (C=O) groups excluding carboxylic acids is 2. The minimum atomic E-state index is -0.347. The first-order valence-electron chi connectivity index (χ1n) is 8.54. The number of fused-ring (bicyclic) bond motifs is 1. The Morgan fingerprint density at radius 2 is 1.88 bits per heavy atom. The molecule has 0 aliphatic carbocycles. The normalized spacial score (nSPS) is 11.7. The number of ether oxygens (including phenoxy) is 1. The molecule has 0 bridgehead atoms. The van der Waals surface area contributed by atoms with Crippen LogP contribution < -0.4 is 4.80 Å². The number of benzene rings is 2. The fourth-order valence-corrected chi connectivity index (χ4v) is 3.73. The highest BCUT2D eigenvalue weighted by Gasteiger charge is 2.13. The predicted molar refractivity (Wildman–Crippen MR) is 102 cm³/mol. The SMILES string of the molecule is CCOC(=O)Cn1c(=NC(=O)c2ccccc2)sc2cc(CC)ccc21. The molecule has 134 valence electrons. The fraction of sp³-hybridized carbons (Fsp3) is 0.250. The topological polar surface area (TPSA) is 60.7 Å². The third kappa shape index (κ3) is 3.91. The summed E-state index contributed by atoms with van der Waals surface area (Å²) >= 11 is 1.40. The molecule has 0 saturated carbocycles. The summed E-state index contributed by atoms with van der Waals surface area (Å²) in [4.78, 5) is 29.3. The molecule has 6 heteroatoms. The summed E-state index contributed by atoms with van der Waals surface area (Å²) in [6.07, 6.45) is 0.918. The number of nitrogens with zero attached hydrogens (tertiary/aromatic N) is 2. The molecule has 1 heterocycles. The van der Waals surface area contributed by atoms with Gasteiger partial charge in [0.2, 0.25) is 0 Å². The molecule has 0 saturated heterocycles. The number of esters is 1. The van der Waals surface area contributed by atoms with E-state index >= 15 is 0 Å². The standard InChI is InChI=1S/C20H20N2O3S/c1-3-14-10-11-16-17(12-14)26-20(22(16)13-18(23)25-4-2)21-19(24)15-8-6-5-7-9-15/h5-12H,3-4,13H2,1-2H3. The van der Waals surface area contributed by atoms with Gasteiger partial charge in [-0.1, -0.05) is 42.5 Å². The molecule has 0 atom stereocenters. The van der Waals surface area contributed by atoms with Crippen LogP contribution in [0.25, 0.3) is 10.2 Å². The quantitative estimate of drug-likeness (QED) is 0.647. The molecule has 0 spiro atoms. The van der Waals surface area contributed by atoms with Crippen molar-refractivity contribution in [1.29, 1.82) is 0 Å². The second-order valence-corrected chi connectivity index (χ2v) is 6.72. The third-order valence-electron chi connectivity index (χ3n) is 3.97. The average molecular weight is 368 g/mol. The molecule has 26 heavy (non-hydrogen) atoms. The monoisotopic (exact) mass is 368 g/mol. The smallest absolute Gasteiger partial charge is 0.326 e. The minimum absolute atomic E-state index is 0.0280. The zero-order valence-electron chi connectivity index (χ0n) is 14.8. The van der Waals surface area contributed by atoms with Crippen molar-refractivity contribution in [1.82, 2.24) is 4.57 Å². The number of hydrogen-bond donors (Lipinski definition) is 0. The molecule has 0 aliphatic rings. The number of hydrogen-bond acceptors (Lipinski definition) is 4. The van der Waals surface area contributed by atoms with Crippen molar-refractivity contribution in [2.45, 2.75) is 26.8 Å². The number of amides is 1. The van der Waals surface area contributed by atoms with Gasteiger partial charge in [-0.2, -0.15) is 4.99 Å². The van der Waals surface area contributed by atoms with E-state index in [1.807, 2.05) is 18.2 Å². The van der Waals surface area contributed by atoms with E-state index < -0.39 is 0 Å². The summed E-state index contributed by atoms with van der Waals surface area (Å²) in [6, 6.07) is 15.0. The highest BCUT2D eigenvalue weighted by molar-refractivity contribution is 7.16. The minimum Gasteiger partial charge on any atom is -0.465 e. The Balaban J connectivity index is 2.11. The van der Waals surface area contributed by atoms with E-state index in [-0.39, 0.29) is 18.4 Å². The maximum Gasteiger partial charge on any atom is 0.326 e. The summed E-state index contributed by atoms with van der Waals surface area (Å²) in [7, 11) is 0. The third-order valence-corrected chi connectivity index (χ3v) is 5.01. The number of carbonyl (C=O) groups is 2. The van der Waals surface area contributed by atoms with Crippen molar-refractivity contribution in [3.63, 3.8) is 0 Å². The Hall–Kier alpha value is -2.73. The molecule has 3 aromatic rings. The van der Waals surface area contributed by atoms with E-state index in [4.69, 9.17) is 4.74 Å². The lowest BCUT2D eigenvalue weighted by atomic mass is 10.2. The van der Waals surface area contributed by atoms with E-state index in [0.29, 0.717) is 17.0 Å². The maximum absolute atomic E-state index is 12.5. The first-order valence-corrected chi connectivity index (χ1v) is 9.36. The maximum atomic E-state index is 12.5. The second-order valence-electron chi connectivity index (χ2n) is 5.71. The highest BCUT2D eigenvalue weighted by Crippen LogP contribution is 2.20. The summed E-state index contributed by atoms with van der Waals surface area (Å²) in [5, 5.41) is 0. The van der Waals surface area contributed by atoms with Gasteiger partial charge in [-0.05, 0) is 43.2 Å². The van der Waals surface area contributed by atoms with Crippen LogP contribution in [-0.4, -0.2) is 23.1 Å². The molecule has 0 fully saturated rings. The molecule has 0 aliphatic heterocycles. The number of aryl methyl sites for hydroxylation is 1. The van der Waals surface area contributed by atoms with Crippen LogP contribution in [0.3, 0.4) is 0 Å². The van der Waals surface area contributed by atoms with Crippen LogP contribution in [0, 0.1) is 0 Å². The Kier molecular flexibility index (Phi) is 5.63. The van der Waals surface area contributed by atoms with Gasteiger partial charge < -0.3 is 9.30 Å². The van der Waals surface area contributed by atoms with Crippen molar-refractivity contribution in [2.24, 2.45) is 4.99 Å². The second kappa shape index (κ2) is 8.10. The molecule has 2 aromatic carbocycles. The van der Waals surface area contributed by atoms with Gasteiger partial charge >= 0.3 is 5.97 Å². The summed E-state index contributed by atoms with van der Waals surface area (Å²) < 4.78 is 7.81. The largest absolute Gasteiger partial charge is 0.465 e. The van der Waals surface area contributed by atoms with E-state index in [1.54, 1.807) is 35.8 Å². The summed E-state index contributed by atoms with van der Waals surface area (Å²) in [5.74, 6) is -0.675. The fourth-order valence-electron chi connectivity index (χ4n) is 2.64. The van der Waals surface area contributed by atoms with Crippen molar-refractivity contribution < 1.29 is 14.3 Å². The van der Waals surface area contributed by atoms with Gasteiger partial charge in [0.05, 0.1) is 16.8 Å². The number of rotatable bonds is 5. The van der Waals surface area contributed by atoms with Crippen molar-refractivity contribution in [2.75, 3.05) is 6.61 Å². The lowest BCUT2D eigenvalue weighted by Gasteiger charge is -2.05. The van der Waals surface area contributed by atoms with Gasteiger partial charge in [0.25, 0.3) is 5.91 Å².